The summed E-state index contributed by atoms with van der Waals surface area (Å²) in [7, 11) is 0.724. The van der Waals surface area contributed by atoms with Crippen LogP contribution in [0.4, 0.5) is 0 Å². The fourth-order valence-electron chi connectivity index (χ4n) is 12.8. The molecule has 1 aromatic rings. The zero-order chi connectivity index (χ0) is 32.5. The number of allylic oxidation sites excluding steroid dienone is 2. The lowest BCUT2D eigenvalue weighted by Gasteiger charge is -2.68. The number of fused-ring (bicyclic) bond motifs is 7. The van der Waals surface area contributed by atoms with E-state index in [1.807, 2.05) is 12.1 Å². The van der Waals surface area contributed by atoms with Crippen LogP contribution >= 0.6 is 0 Å². The van der Waals surface area contributed by atoms with Gasteiger partial charge in [-0.15, -0.1) is 0 Å². The van der Waals surface area contributed by atoms with Gasteiger partial charge in [0.1, 0.15) is 0 Å². The maximum Gasteiger partial charge on any atom is 0.337 e. The van der Waals surface area contributed by atoms with E-state index in [2.05, 4.69) is 56.1 Å². The summed E-state index contributed by atoms with van der Waals surface area (Å²) < 4.78 is 16.8. The smallest absolute Gasteiger partial charge is 0.337 e. The van der Waals surface area contributed by atoms with Crippen molar-refractivity contribution < 1.29 is 18.5 Å². The van der Waals surface area contributed by atoms with Crippen LogP contribution < -0.4 is 5.32 Å². The Hall–Kier alpha value is -1.99. The molecule has 0 aromatic heterocycles. The van der Waals surface area contributed by atoms with Crippen LogP contribution in [0.3, 0.4) is 0 Å². The van der Waals surface area contributed by atoms with E-state index in [0.29, 0.717) is 52.7 Å². The Morgan fingerprint density at radius 1 is 0.891 bits per heavy atom. The predicted octanol–water partition coefficient (Wildman–Crippen LogP) is 6.86. The summed E-state index contributed by atoms with van der Waals surface area (Å²) in [6.45, 7) is 12.3. The van der Waals surface area contributed by atoms with Crippen LogP contribution in [-0.2, 0) is 20.3 Å². The van der Waals surface area contributed by atoms with Crippen molar-refractivity contribution in [3.8, 4) is 0 Å². The SMILES string of the molecule is COC(=O)c1ccc(C2=CCC3(C)C(CCC4(C)C5CCC6(NC(=O)CN7CCS(=O)CC7)CCCC6C5CCC43)C2(C)C)cc1. The lowest BCUT2D eigenvalue weighted by atomic mass is 9.37. The van der Waals surface area contributed by atoms with Crippen molar-refractivity contribution in [1.82, 2.24) is 10.2 Å². The second kappa shape index (κ2) is 11.9. The Labute approximate surface area is 279 Å². The van der Waals surface area contributed by atoms with Crippen LogP contribution in [0, 0.1) is 45.8 Å². The highest BCUT2D eigenvalue weighted by atomic mass is 32.2. The van der Waals surface area contributed by atoms with Gasteiger partial charge in [-0.05, 0) is 127 Å². The zero-order valence-electron chi connectivity index (χ0n) is 28.9. The van der Waals surface area contributed by atoms with Crippen molar-refractivity contribution in [2.24, 2.45) is 45.8 Å². The van der Waals surface area contributed by atoms with Gasteiger partial charge >= 0.3 is 5.97 Å². The first-order valence-corrected chi connectivity index (χ1v) is 19.7. The first-order chi connectivity index (χ1) is 21.9. The van der Waals surface area contributed by atoms with E-state index in [4.69, 9.17) is 4.74 Å². The molecule has 6 nitrogen and oxygen atoms in total. The van der Waals surface area contributed by atoms with Gasteiger partial charge in [0, 0.05) is 40.9 Å². The number of hydrogen-bond donors (Lipinski definition) is 1. The molecule has 6 aliphatic rings. The predicted molar refractivity (Wildman–Crippen MR) is 185 cm³/mol. The summed E-state index contributed by atoms with van der Waals surface area (Å²) in [5, 5.41) is 3.68. The van der Waals surface area contributed by atoms with Crippen LogP contribution in [0.2, 0.25) is 0 Å². The normalized spacial score (nSPS) is 40.5. The van der Waals surface area contributed by atoms with Crippen LogP contribution in [0.25, 0.3) is 5.57 Å². The average Bonchev–Trinajstić information content (AvgIpc) is 3.45. The molecule has 0 bridgehead atoms. The molecule has 252 valence electrons. The molecule has 5 fully saturated rings. The van der Waals surface area contributed by atoms with E-state index in [-0.39, 0.29) is 28.2 Å². The fraction of sp³-hybridized carbons (Fsp3) is 0.744. The average molecular weight is 649 g/mol. The summed E-state index contributed by atoms with van der Waals surface area (Å²) in [4.78, 5) is 27.7. The maximum atomic E-state index is 13.4. The number of carbonyl (C=O) groups is 2. The van der Waals surface area contributed by atoms with Gasteiger partial charge in [-0.25, -0.2) is 4.79 Å². The molecule has 1 saturated heterocycles. The van der Waals surface area contributed by atoms with Crippen molar-refractivity contribution in [2.45, 2.75) is 97.4 Å². The number of rotatable bonds is 5. The first-order valence-electron chi connectivity index (χ1n) is 18.2. The quantitative estimate of drug-likeness (QED) is 0.353. The zero-order valence-corrected chi connectivity index (χ0v) is 29.7. The molecule has 1 heterocycles. The molecule has 1 N–H and O–H groups in total. The maximum absolute atomic E-state index is 13.4. The van der Waals surface area contributed by atoms with Gasteiger partial charge in [-0.3, -0.25) is 13.9 Å². The number of amides is 1. The van der Waals surface area contributed by atoms with Crippen molar-refractivity contribution in [2.75, 3.05) is 38.2 Å². The van der Waals surface area contributed by atoms with E-state index in [1.54, 1.807) is 0 Å². The van der Waals surface area contributed by atoms with E-state index >= 15 is 0 Å². The largest absolute Gasteiger partial charge is 0.465 e. The van der Waals surface area contributed by atoms with Gasteiger partial charge in [0.25, 0.3) is 0 Å². The molecule has 4 saturated carbocycles. The van der Waals surface area contributed by atoms with Gasteiger partial charge in [0.2, 0.25) is 5.91 Å². The van der Waals surface area contributed by atoms with Crippen molar-refractivity contribution in [3.05, 3.63) is 41.5 Å². The highest BCUT2D eigenvalue weighted by Crippen LogP contribution is 2.72. The van der Waals surface area contributed by atoms with Gasteiger partial charge in [0.15, 0.2) is 0 Å². The van der Waals surface area contributed by atoms with Crippen molar-refractivity contribution >= 4 is 28.2 Å². The van der Waals surface area contributed by atoms with Crippen LogP contribution in [0.1, 0.15) is 108 Å². The number of nitrogens with one attached hydrogen (secondary N) is 1. The molecule has 7 heteroatoms. The minimum Gasteiger partial charge on any atom is -0.465 e. The molecule has 1 aromatic carbocycles. The minimum atomic E-state index is -0.714. The van der Waals surface area contributed by atoms with E-state index in [1.165, 1.54) is 63.2 Å². The van der Waals surface area contributed by atoms with Gasteiger partial charge in [-0.1, -0.05) is 52.3 Å². The van der Waals surface area contributed by atoms with Crippen LogP contribution in [-0.4, -0.2) is 64.8 Å². The number of nitrogens with zero attached hydrogens (tertiary/aromatic N) is 1. The number of hydrogen-bond acceptors (Lipinski definition) is 5. The number of benzene rings is 1. The molecule has 5 aliphatic carbocycles. The fourth-order valence-corrected chi connectivity index (χ4v) is 13.9. The van der Waals surface area contributed by atoms with Crippen LogP contribution in [0.15, 0.2) is 30.3 Å². The van der Waals surface area contributed by atoms with E-state index < -0.39 is 10.8 Å². The molecular weight excluding hydrogens is 593 g/mol. The molecule has 0 spiro atoms. The number of esters is 1. The molecule has 8 unspecified atom stereocenters. The van der Waals surface area contributed by atoms with Gasteiger partial charge < -0.3 is 10.1 Å². The number of ether oxygens (including phenoxy) is 1. The molecule has 1 aliphatic heterocycles. The first kappa shape index (κ1) is 32.6. The Balaban J connectivity index is 1.09. The van der Waals surface area contributed by atoms with E-state index in [9.17, 15) is 13.8 Å². The number of carbonyl (C=O) groups excluding carboxylic acids is 2. The lowest BCUT2D eigenvalue weighted by molar-refractivity contribution is -0.173. The topological polar surface area (TPSA) is 75.7 Å². The second-order valence-corrected chi connectivity index (χ2v) is 18.7. The van der Waals surface area contributed by atoms with Crippen LogP contribution in [0.5, 0.6) is 0 Å². The third kappa shape index (κ3) is 5.16. The minimum absolute atomic E-state index is 0.0188. The Kier molecular flexibility index (Phi) is 8.39. The van der Waals surface area contributed by atoms with Gasteiger partial charge in [0.05, 0.1) is 19.2 Å². The summed E-state index contributed by atoms with van der Waals surface area (Å²) >= 11 is 0. The van der Waals surface area contributed by atoms with E-state index in [0.717, 1.165) is 38.3 Å². The summed E-state index contributed by atoms with van der Waals surface area (Å²) in [6.07, 6.45) is 14.9. The molecule has 8 atom stereocenters. The Bertz CT molecular complexity index is 1410. The third-order valence-electron chi connectivity index (χ3n) is 14.7. The molecule has 7 rings (SSSR count). The Morgan fingerprint density at radius 2 is 1.63 bits per heavy atom. The molecular formula is C39H56N2O4S. The summed E-state index contributed by atoms with van der Waals surface area (Å²) in [6, 6.07) is 8.06. The molecule has 46 heavy (non-hydrogen) atoms. The van der Waals surface area contributed by atoms with Crippen molar-refractivity contribution in [1.29, 1.82) is 0 Å². The highest BCUT2D eigenvalue weighted by Gasteiger charge is 2.65. The van der Waals surface area contributed by atoms with Crippen molar-refractivity contribution in [3.63, 3.8) is 0 Å². The lowest BCUT2D eigenvalue weighted by Crippen LogP contribution is -2.64. The standard InChI is InChI=1S/C39H56N2O4S/c1-36(2)29(26-8-10-27(11-9-26)35(43)45-5)14-18-38(4)32(36)16-19-37(3)30-15-20-39(17-6-7-31(39)28(30)12-13-33(37)38)40-34(42)25-41-21-23-46(44)24-22-41/h8-11,14,28,30-33H,6-7,12-13,15-25H2,1-5H3,(H,40,42). The number of methoxy groups -OCH3 is 1. The Morgan fingerprint density at radius 3 is 2.35 bits per heavy atom. The summed E-state index contributed by atoms with van der Waals surface area (Å²) in [5.74, 6) is 4.70. The monoisotopic (exact) mass is 648 g/mol. The van der Waals surface area contributed by atoms with Gasteiger partial charge in [-0.2, -0.15) is 0 Å². The summed E-state index contributed by atoms with van der Waals surface area (Å²) in [5.41, 5.74) is 3.93. The molecule has 1 amide bonds. The highest BCUT2D eigenvalue weighted by molar-refractivity contribution is 7.85. The molecule has 0 radical (unpaired) electrons. The second-order valence-electron chi connectivity index (χ2n) is 17.0. The third-order valence-corrected chi connectivity index (χ3v) is 16.0.